The van der Waals surface area contributed by atoms with Gasteiger partial charge in [-0.15, -0.1) is 36.6 Å². The Morgan fingerprint density at radius 2 is 1.81 bits per heavy atom. The molecule has 2 aromatic carbocycles. The lowest BCUT2D eigenvalue weighted by Crippen LogP contribution is -2.21. The molecule has 7 heteroatoms. The van der Waals surface area contributed by atoms with Crippen LogP contribution < -0.4 is 5.32 Å². The standard InChI is InChI=1S/C19H18ClN3S.2ClH/c20-16-8-6-14(7-9-16)19-15(12-18-21-10-11-24-18)13-22-23(19)17-4-2-1-3-5-17;;/h1-9,13,18,21H,10-12H2;2*1H. The Labute approximate surface area is 175 Å². The molecule has 1 aliphatic heterocycles. The van der Waals surface area contributed by atoms with Crippen LogP contribution in [0.4, 0.5) is 0 Å². The molecule has 0 saturated carbocycles. The first-order valence-corrected chi connectivity index (χ1v) is 9.47. The molecule has 1 unspecified atom stereocenters. The van der Waals surface area contributed by atoms with E-state index in [1.807, 2.05) is 53.0 Å². The second kappa shape index (κ2) is 9.67. The molecule has 0 aliphatic carbocycles. The van der Waals surface area contributed by atoms with Crippen LogP contribution in [0.2, 0.25) is 5.02 Å². The lowest BCUT2D eigenvalue weighted by Gasteiger charge is -2.13. The van der Waals surface area contributed by atoms with E-state index in [4.69, 9.17) is 11.6 Å². The molecular formula is C19H20Cl3N3S. The fraction of sp³-hybridized carbons (Fsp3) is 0.211. The van der Waals surface area contributed by atoms with Crippen LogP contribution in [-0.2, 0) is 6.42 Å². The summed E-state index contributed by atoms with van der Waals surface area (Å²) in [5, 5.41) is 9.43. The largest absolute Gasteiger partial charge is 0.304 e. The van der Waals surface area contributed by atoms with Crippen molar-refractivity contribution in [3.05, 3.63) is 71.4 Å². The van der Waals surface area contributed by atoms with Gasteiger partial charge in [-0.05, 0) is 24.3 Å². The fourth-order valence-electron chi connectivity index (χ4n) is 3.02. The first kappa shape index (κ1) is 21.1. The quantitative estimate of drug-likeness (QED) is 0.616. The van der Waals surface area contributed by atoms with Crippen molar-refractivity contribution < 1.29 is 0 Å². The van der Waals surface area contributed by atoms with Crippen LogP contribution in [-0.4, -0.2) is 27.5 Å². The molecule has 138 valence electrons. The van der Waals surface area contributed by atoms with E-state index in [-0.39, 0.29) is 24.8 Å². The number of thioether (sulfide) groups is 1. The highest BCUT2D eigenvalue weighted by atomic mass is 35.5. The van der Waals surface area contributed by atoms with Crippen LogP contribution >= 0.6 is 48.2 Å². The van der Waals surface area contributed by atoms with Gasteiger partial charge in [0.25, 0.3) is 0 Å². The third kappa shape index (κ3) is 4.56. The second-order valence-electron chi connectivity index (χ2n) is 5.79. The Hall–Kier alpha value is -1.17. The fourth-order valence-corrected chi connectivity index (χ4v) is 4.20. The van der Waals surface area contributed by atoms with Crippen molar-refractivity contribution in [1.82, 2.24) is 15.1 Å². The Morgan fingerprint density at radius 1 is 1.08 bits per heavy atom. The van der Waals surface area contributed by atoms with Crippen molar-refractivity contribution in [2.24, 2.45) is 0 Å². The van der Waals surface area contributed by atoms with Crippen LogP contribution in [0, 0.1) is 0 Å². The van der Waals surface area contributed by atoms with Crippen LogP contribution in [0.25, 0.3) is 16.9 Å². The number of halogens is 3. The summed E-state index contributed by atoms with van der Waals surface area (Å²) in [6.07, 6.45) is 2.97. The molecule has 0 radical (unpaired) electrons. The Kier molecular flexibility index (Phi) is 7.86. The Morgan fingerprint density at radius 3 is 2.46 bits per heavy atom. The molecule has 1 fully saturated rings. The van der Waals surface area contributed by atoms with E-state index < -0.39 is 0 Å². The van der Waals surface area contributed by atoms with Gasteiger partial charge in [-0.2, -0.15) is 5.10 Å². The average Bonchev–Trinajstić information content (AvgIpc) is 3.27. The van der Waals surface area contributed by atoms with Gasteiger partial charge in [0.1, 0.15) is 0 Å². The van der Waals surface area contributed by atoms with Crippen molar-refractivity contribution in [3.8, 4) is 16.9 Å². The predicted molar refractivity (Wildman–Crippen MR) is 116 cm³/mol. The summed E-state index contributed by atoms with van der Waals surface area (Å²) in [5.74, 6) is 1.17. The highest BCUT2D eigenvalue weighted by Crippen LogP contribution is 2.30. The molecule has 0 spiro atoms. The molecule has 1 aromatic heterocycles. The van der Waals surface area contributed by atoms with Crippen LogP contribution in [0.1, 0.15) is 5.56 Å². The van der Waals surface area contributed by atoms with Crippen molar-refractivity contribution in [1.29, 1.82) is 0 Å². The highest BCUT2D eigenvalue weighted by Gasteiger charge is 2.20. The molecule has 1 N–H and O–H groups in total. The molecule has 1 aliphatic rings. The molecular weight excluding hydrogens is 409 g/mol. The summed E-state index contributed by atoms with van der Waals surface area (Å²) in [6.45, 7) is 1.08. The molecule has 26 heavy (non-hydrogen) atoms. The zero-order valence-electron chi connectivity index (χ0n) is 14.0. The van der Waals surface area contributed by atoms with Gasteiger partial charge in [0.15, 0.2) is 0 Å². The molecule has 1 atom stereocenters. The zero-order valence-corrected chi connectivity index (χ0v) is 17.2. The van der Waals surface area contributed by atoms with Crippen LogP contribution in [0.5, 0.6) is 0 Å². The topological polar surface area (TPSA) is 29.9 Å². The first-order valence-electron chi connectivity index (χ1n) is 8.04. The monoisotopic (exact) mass is 427 g/mol. The minimum absolute atomic E-state index is 0. The van der Waals surface area contributed by atoms with Gasteiger partial charge < -0.3 is 5.32 Å². The smallest absolute Gasteiger partial charge is 0.0773 e. The van der Waals surface area contributed by atoms with Crippen LogP contribution in [0.15, 0.2) is 60.8 Å². The number of aromatic nitrogens is 2. The van der Waals surface area contributed by atoms with Crippen molar-refractivity contribution in [2.45, 2.75) is 11.8 Å². The lowest BCUT2D eigenvalue weighted by atomic mass is 10.1. The number of nitrogens with one attached hydrogen (secondary N) is 1. The third-order valence-corrected chi connectivity index (χ3v) is 5.59. The minimum Gasteiger partial charge on any atom is -0.304 e. The number of nitrogens with zero attached hydrogens (tertiary/aromatic N) is 2. The number of rotatable bonds is 4. The SMILES string of the molecule is Cl.Cl.Clc1ccc(-c2c(CC3NCCS3)cnn2-c2ccccc2)cc1. The maximum absolute atomic E-state index is 6.07. The van der Waals surface area contributed by atoms with Gasteiger partial charge in [0.2, 0.25) is 0 Å². The van der Waals surface area contributed by atoms with Gasteiger partial charge in [0, 0.05) is 34.9 Å². The van der Waals surface area contributed by atoms with E-state index in [0.29, 0.717) is 5.37 Å². The van der Waals surface area contributed by atoms with E-state index in [9.17, 15) is 0 Å². The maximum Gasteiger partial charge on any atom is 0.0773 e. The predicted octanol–water partition coefficient (Wildman–Crippen LogP) is 5.24. The highest BCUT2D eigenvalue weighted by molar-refractivity contribution is 8.00. The zero-order chi connectivity index (χ0) is 16.4. The minimum atomic E-state index is 0. The summed E-state index contributed by atoms with van der Waals surface area (Å²) < 4.78 is 2.03. The molecule has 2 heterocycles. The second-order valence-corrected chi connectivity index (χ2v) is 7.54. The third-order valence-electron chi connectivity index (χ3n) is 4.16. The first-order chi connectivity index (χ1) is 11.8. The number of hydrogen-bond acceptors (Lipinski definition) is 3. The van der Waals surface area contributed by atoms with E-state index in [1.165, 1.54) is 11.3 Å². The number of hydrogen-bond donors (Lipinski definition) is 1. The molecule has 4 rings (SSSR count). The normalized spacial score (nSPS) is 16.0. The molecule has 0 bridgehead atoms. The van der Waals surface area contributed by atoms with E-state index in [1.54, 1.807) is 0 Å². The molecule has 3 nitrogen and oxygen atoms in total. The number of benzene rings is 2. The van der Waals surface area contributed by atoms with Gasteiger partial charge in [0.05, 0.1) is 23.0 Å². The Bertz CT molecular complexity index is 816. The van der Waals surface area contributed by atoms with E-state index >= 15 is 0 Å². The van der Waals surface area contributed by atoms with Crippen molar-refractivity contribution >= 4 is 48.2 Å². The number of para-hydroxylation sites is 1. The molecule has 1 saturated heterocycles. The van der Waals surface area contributed by atoms with Gasteiger partial charge in [-0.25, -0.2) is 4.68 Å². The van der Waals surface area contributed by atoms with Gasteiger partial charge >= 0.3 is 0 Å². The summed E-state index contributed by atoms with van der Waals surface area (Å²) >= 11 is 8.05. The maximum atomic E-state index is 6.07. The van der Waals surface area contributed by atoms with Gasteiger partial charge in [-0.3, -0.25) is 0 Å². The average molecular weight is 429 g/mol. The molecule has 0 amide bonds. The summed E-state index contributed by atoms with van der Waals surface area (Å²) in [7, 11) is 0. The van der Waals surface area contributed by atoms with Crippen LogP contribution in [0.3, 0.4) is 0 Å². The van der Waals surface area contributed by atoms with Crippen molar-refractivity contribution in [3.63, 3.8) is 0 Å². The summed E-state index contributed by atoms with van der Waals surface area (Å²) in [6, 6.07) is 18.3. The van der Waals surface area contributed by atoms with E-state index in [2.05, 4.69) is 34.7 Å². The van der Waals surface area contributed by atoms with E-state index in [0.717, 1.165) is 34.9 Å². The lowest BCUT2D eigenvalue weighted by molar-refractivity contribution is 0.708. The van der Waals surface area contributed by atoms with Gasteiger partial charge in [-0.1, -0.05) is 41.9 Å². The summed E-state index contributed by atoms with van der Waals surface area (Å²) in [5.41, 5.74) is 4.61. The summed E-state index contributed by atoms with van der Waals surface area (Å²) in [4.78, 5) is 0. The molecule has 3 aromatic rings. The van der Waals surface area contributed by atoms with Crippen molar-refractivity contribution in [2.75, 3.05) is 12.3 Å². The Balaban J connectivity index is 0.00000121.